The van der Waals surface area contributed by atoms with Gasteiger partial charge >= 0.3 is 0 Å². The van der Waals surface area contributed by atoms with Gasteiger partial charge in [-0.1, -0.05) is 6.07 Å². The van der Waals surface area contributed by atoms with Crippen molar-refractivity contribution < 1.29 is 13.2 Å². The van der Waals surface area contributed by atoms with E-state index in [2.05, 4.69) is 15.2 Å². The molecule has 0 saturated carbocycles. The monoisotopic (exact) mass is 276 g/mol. The lowest BCUT2D eigenvalue weighted by atomic mass is 10.4. The summed E-state index contributed by atoms with van der Waals surface area (Å²) in [7, 11) is -3.77. The van der Waals surface area contributed by atoms with Gasteiger partial charge in [0.1, 0.15) is 5.65 Å². The van der Waals surface area contributed by atoms with Gasteiger partial charge in [0.15, 0.2) is 10.4 Å². The number of fused-ring (bicyclic) bond motifs is 1. The number of pyridine rings is 1. The van der Waals surface area contributed by atoms with Crippen LogP contribution in [0.5, 0.6) is 0 Å². The second kappa shape index (κ2) is 4.09. The number of aromatic nitrogens is 2. The molecule has 8 heteroatoms. The molecular weight excluding hydrogens is 268 g/mol. The maximum Gasteiger partial charge on any atom is 0.287 e. The van der Waals surface area contributed by atoms with Crippen LogP contribution in [0.25, 0.3) is 5.65 Å². The van der Waals surface area contributed by atoms with E-state index < -0.39 is 21.1 Å². The van der Waals surface area contributed by atoms with Crippen LogP contribution in [0, 0.1) is 0 Å². The average Bonchev–Trinajstić information content (AvgIpc) is 2.83. The minimum Gasteiger partial charge on any atom is -0.290 e. The number of amides is 1. The number of hydrogen-bond donors (Lipinski definition) is 0. The first kappa shape index (κ1) is 11.7. The molecule has 3 rings (SSSR count). The van der Waals surface area contributed by atoms with Crippen molar-refractivity contribution in [3.8, 4) is 0 Å². The fourth-order valence-electron chi connectivity index (χ4n) is 1.76. The van der Waals surface area contributed by atoms with E-state index in [1.54, 1.807) is 24.4 Å². The van der Waals surface area contributed by atoms with Crippen molar-refractivity contribution in [3.63, 3.8) is 0 Å². The predicted octanol–water partition coefficient (Wildman–Crippen LogP) is 0.983. The molecule has 0 aromatic carbocycles. The molecule has 0 saturated heterocycles. The van der Waals surface area contributed by atoms with E-state index in [1.165, 1.54) is 16.7 Å². The zero-order chi connectivity index (χ0) is 13.5. The second-order valence-corrected chi connectivity index (χ2v) is 5.86. The van der Waals surface area contributed by atoms with Gasteiger partial charge in [0, 0.05) is 12.3 Å². The van der Waals surface area contributed by atoms with Gasteiger partial charge in [-0.15, -0.1) is 5.11 Å². The topological polar surface area (TPSA) is 93.2 Å². The molecule has 1 aliphatic heterocycles. The normalized spacial score (nSPS) is 19.2. The first-order valence-corrected chi connectivity index (χ1v) is 6.93. The lowest BCUT2D eigenvalue weighted by Gasteiger charge is -2.09. The molecule has 1 aliphatic rings. The van der Waals surface area contributed by atoms with E-state index in [0.717, 1.165) is 6.08 Å². The number of nitrogens with zero attached hydrogens (tertiary/aromatic N) is 4. The van der Waals surface area contributed by atoms with Crippen LogP contribution in [0.15, 0.2) is 58.0 Å². The Morgan fingerprint density at radius 2 is 2.11 bits per heavy atom. The summed E-state index contributed by atoms with van der Waals surface area (Å²) in [5, 5.41) is 5.59. The van der Waals surface area contributed by atoms with Crippen molar-refractivity contribution in [2.24, 2.45) is 10.2 Å². The summed E-state index contributed by atoms with van der Waals surface area (Å²) in [4.78, 5) is 14.9. The molecule has 1 atom stereocenters. The van der Waals surface area contributed by atoms with E-state index >= 15 is 0 Å². The Morgan fingerprint density at radius 1 is 1.26 bits per heavy atom. The van der Waals surface area contributed by atoms with Gasteiger partial charge < -0.3 is 0 Å². The highest BCUT2D eigenvalue weighted by atomic mass is 32.2. The van der Waals surface area contributed by atoms with Crippen LogP contribution in [0.4, 0.5) is 0 Å². The molecular formula is C11H8N4O3S. The van der Waals surface area contributed by atoms with Gasteiger partial charge in [0.2, 0.25) is 9.84 Å². The van der Waals surface area contributed by atoms with Crippen molar-refractivity contribution in [3.05, 3.63) is 42.7 Å². The third kappa shape index (κ3) is 1.85. The summed E-state index contributed by atoms with van der Waals surface area (Å²) in [5.41, 5.74) is 0.522. The highest BCUT2D eigenvalue weighted by Crippen LogP contribution is 2.21. The highest BCUT2D eigenvalue weighted by Gasteiger charge is 2.30. The second-order valence-electron chi connectivity index (χ2n) is 3.87. The average molecular weight is 276 g/mol. The van der Waals surface area contributed by atoms with Gasteiger partial charge in [-0.3, -0.25) is 9.20 Å². The minimum absolute atomic E-state index is 0.0195. The number of sulfone groups is 1. The van der Waals surface area contributed by atoms with Crippen molar-refractivity contribution in [1.29, 1.82) is 0 Å². The molecule has 7 nitrogen and oxygen atoms in total. The SMILES string of the molecule is O=C1C=CC(S(=O)(=O)c2cnc3ccccn23)N=N1. The molecule has 19 heavy (non-hydrogen) atoms. The lowest BCUT2D eigenvalue weighted by Crippen LogP contribution is -2.20. The van der Waals surface area contributed by atoms with Crippen molar-refractivity contribution >= 4 is 21.4 Å². The number of azo groups is 1. The quantitative estimate of drug-likeness (QED) is 0.817. The van der Waals surface area contributed by atoms with E-state index in [1.807, 2.05) is 0 Å². The third-order valence-electron chi connectivity index (χ3n) is 2.67. The summed E-state index contributed by atoms with van der Waals surface area (Å²) >= 11 is 0. The summed E-state index contributed by atoms with van der Waals surface area (Å²) in [6.07, 6.45) is 5.18. The van der Waals surface area contributed by atoms with Crippen LogP contribution >= 0.6 is 0 Å². The molecule has 0 bridgehead atoms. The van der Waals surface area contributed by atoms with E-state index in [4.69, 9.17) is 0 Å². The minimum atomic E-state index is -3.77. The Kier molecular flexibility index (Phi) is 2.53. The first-order valence-electron chi connectivity index (χ1n) is 5.38. The number of rotatable bonds is 2. The smallest absolute Gasteiger partial charge is 0.287 e. The van der Waals surface area contributed by atoms with Crippen LogP contribution in [0.3, 0.4) is 0 Å². The Hall–Kier alpha value is -2.35. The van der Waals surface area contributed by atoms with Crippen molar-refractivity contribution in [2.45, 2.75) is 10.4 Å². The highest BCUT2D eigenvalue weighted by molar-refractivity contribution is 7.92. The van der Waals surface area contributed by atoms with E-state index in [0.29, 0.717) is 5.65 Å². The molecule has 0 radical (unpaired) electrons. The molecule has 0 fully saturated rings. The molecule has 96 valence electrons. The molecule has 0 N–H and O–H groups in total. The standard InChI is InChI=1S/C11H8N4O3S/c16-9-4-5-10(14-13-9)19(17,18)11-7-12-8-3-1-2-6-15(8)11/h1-7,10H. The Bertz CT molecular complexity index is 803. The summed E-state index contributed by atoms with van der Waals surface area (Å²) in [6.45, 7) is 0. The number of imidazole rings is 1. The molecule has 2 aromatic rings. The van der Waals surface area contributed by atoms with Crippen LogP contribution in [-0.2, 0) is 14.6 Å². The van der Waals surface area contributed by atoms with Gasteiger partial charge in [0.05, 0.1) is 6.20 Å². The summed E-state index contributed by atoms with van der Waals surface area (Å²) < 4.78 is 26.2. The first-order chi connectivity index (χ1) is 9.09. The number of carbonyl (C=O) groups is 1. The third-order valence-corrected chi connectivity index (χ3v) is 4.44. The Morgan fingerprint density at radius 3 is 2.84 bits per heavy atom. The predicted molar refractivity (Wildman–Crippen MR) is 65.2 cm³/mol. The molecule has 1 amide bonds. The molecule has 2 aromatic heterocycles. The molecule has 0 aliphatic carbocycles. The van der Waals surface area contributed by atoms with Crippen LogP contribution in [-0.4, -0.2) is 29.1 Å². The fourth-order valence-corrected chi connectivity index (χ4v) is 3.09. The van der Waals surface area contributed by atoms with Crippen molar-refractivity contribution in [1.82, 2.24) is 9.38 Å². The molecule has 0 spiro atoms. The maximum atomic E-state index is 12.4. The van der Waals surface area contributed by atoms with Gasteiger partial charge in [-0.2, -0.15) is 5.11 Å². The number of carbonyl (C=O) groups excluding carboxylic acids is 1. The van der Waals surface area contributed by atoms with Crippen LogP contribution < -0.4 is 0 Å². The largest absolute Gasteiger partial charge is 0.290 e. The zero-order valence-electron chi connectivity index (χ0n) is 9.54. The summed E-state index contributed by atoms with van der Waals surface area (Å²) in [5.74, 6) is -0.565. The molecule has 3 heterocycles. The van der Waals surface area contributed by atoms with Crippen LogP contribution in [0.1, 0.15) is 0 Å². The van der Waals surface area contributed by atoms with Gasteiger partial charge in [-0.05, 0) is 18.2 Å². The lowest BCUT2D eigenvalue weighted by molar-refractivity contribution is -0.114. The number of hydrogen-bond acceptors (Lipinski definition) is 5. The maximum absolute atomic E-state index is 12.4. The Labute approximate surface area is 108 Å². The van der Waals surface area contributed by atoms with E-state index in [9.17, 15) is 13.2 Å². The zero-order valence-corrected chi connectivity index (χ0v) is 10.4. The van der Waals surface area contributed by atoms with Gasteiger partial charge in [0.25, 0.3) is 5.91 Å². The van der Waals surface area contributed by atoms with Gasteiger partial charge in [-0.25, -0.2) is 13.4 Å². The summed E-state index contributed by atoms with van der Waals surface area (Å²) in [6, 6.07) is 5.16. The fraction of sp³-hybridized carbons (Fsp3) is 0.0909. The van der Waals surface area contributed by atoms with Crippen molar-refractivity contribution in [2.75, 3.05) is 0 Å². The molecule has 1 unspecified atom stereocenters. The van der Waals surface area contributed by atoms with E-state index in [-0.39, 0.29) is 5.03 Å². The van der Waals surface area contributed by atoms with Crippen LogP contribution in [0.2, 0.25) is 0 Å². The Balaban J connectivity index is 2.13.